The second-order valence-corrected chi connectivity index (χ2v) is 8.24. The van der Waals surface area contributed by atoms with Gasteiger partial charge in [0.25, 0.3) is 0 Å². The van der Waals surface area contributed by atoms with Gasteiger partial charge in [-0.15, -0.1) is 11.3 Å². The van der Waals surface area contributed by atoms with Crippen LogP contribution in [0.3, 0.4) is 0 Å². The van der Waals surface area contributed by atoms with Gasteiger partial charge in [-0.1, -0.05) is 36.0 Å². The summed E-state index contributed by atoms with van der Waals surface area (Å²) in [4.78, 5) is 17.7. The van der Waals surface area contributed by atoms with Gasteiger partial charge < -0.3 is 10.5 Å². The van der Waals surface area contributed by atoms with E-state index in [1.54, 1.807) is 7.11 Å². The highest BCUT2D eigenvalue weighted by molar-refractivity contribution is 8.04. The van der Waals surface area contributed by atoms with Gasteiger partial charge in [0.05, 0.1) is 39.2 Å². The molecular formula is C20H15N3O2S2. The summed E-state index contributed by atoms with van der Waals surface area (Å²) in [5.74, 6) is 0.217. The molecule has 0 fully saturated rings. The Bertz CT molecular complexity index is 1060. The van der Waals surface area contributed by atoms with E-state index in [-0.39, 0.29) is 5.78 Å². The number of thioether (sulfide) groups is 1. The Kier molecular flexibility index (Phi) is 4.60. The number of methoxy groups -OCH3 is 1. The Morgan fingerprint density at radius 3 is 2.63 bits per heavy atom. The molecule has 2 aromatic carbocycles. The molecule has 0 spiro atoms. The van der Waals surface area contributed by atoms with Gasteiger partial charge in [0.15, 0.2) is 5.01 Å². The fourth-order valence-electron chi connectivity index (χ4n) is 3.15. The molecule has 4 rings (SSSR count). The number of fused-ring (bicyclic) bond motifs is 1. The van der Waals surface area contributed by atoms with Gasteiger partial charge in [-0.25, -0.2) is 4.98 Å². The lowest BCUT2D eigenvalue weighted by molar-refractivity contribution is 0.0985. The van der Waals surface area contributed by atoms with E-state index in [0.717, 1.165) is 15.8 Å². The molecule has 27 heavy (non-hydrogen) atoms. The standard InChI is InChI=1S/C20H15N3O2S2/c1-25-12-8-6-11(7-9-12)16-13(10-21)19(22)27-18(16)17(24)20-23-14-4-2-3-5-15(14)26-20/h2-9,16,18H,22H2,1H3/t16-,18-/m1/s1. The van der Waals surface area contributed by atoms with Crippen molar-refractivity contribution in [3.8, 4) is 11.8 Å². The van der Waals surface area contributed by atoms with Crippen molar-refractivity contribution >= 4 is 39.1 Å². The first-order valence-corrected chi connectivity index (χ1v) is 9.92. The molecule has 3 aromatic rings. The van der Waals surface area contributed by atoms with Crippen LogP contribution in [0.4, 0.5) is 0 Å². The topological polar surface area (TPSA) is 89.0 Å². The van der Waals surface area contributed by atoms with Crippen molar-refractivity contribution in [2.45, 2.75) is 11.2 Å². The molecule has 1 aromatic heterocycles. The zero-order valence-corrected chi connectivity index (χ0v) is 16.0. The highest BCUT2D eigenvalue weighted by atomic mass is 32.2. The van der Waals surface area contributed by atoms with E-state index in [1.807, 2.05) is 48.5 Å². The first-order valence-electron chi connectivity index (χ1n) is 8.22. The molecule has 134 valence electrons. The molecule has 1 aliphatic heterocycles. The smallest absolute Gasteiger partial charge is 0.205 e. The summed E-state index contributed by atoms with van der Waals surface area (Å²) in [5.41, 5.74) is 8.18. The third-order valence-corrected chi connectivity index (χ3v) is 6.76. The third kappa shape index (κ3) is 3.07. The van der Waals surface area contributed by atoms with Gasteiger partial charge in [0, 0.05) is 5.92 Å². The lowest BCUT2D eigenvalue weighted by Crippen LogP contribution is -2.23. The van der Waals surface area contributed by atoms with E-state index in [4.69, 9.17) is 10.5 Å². The van der Waals surface area contributed by atoms with Gasteiger partial charge in [0.2, 0.25) is 5.78 Å². The molecule has 2 heterocycles. The number of Topliss-reactive ketones (excluding diaryl/α,β-unsaturated/α-hetero) is 1. The number of ether oxygens (including phenoxy) is 1. The lowest BCUT2D eigenvalue weighted by Gasteiger charge is -2.18. The quantitative estimate of drug-likeness (QED) is 0.672. The fraction of sp³-hybridized carbons (Fsp3) is 0.150. The minimum Gasteiger partial charge on any atom is -0.497 e. The molecule has 0 unspecified atom stereocenters. The van der Waals surface area contributed by atoms with Crippen LogP contribution in [-0.4, -0.2) is 23.1 Å². The summed E-state index contributed by atoms with van der Waals surface area (Å²) in [6, 6.07) is 17.2. The van der Waals surface area contributed by atoms with Crippen molar-refractivity contribution in [2.75, 3.05) is 7.11 Å². The number of carbonyl (C=O) groups is 1. The molecule has 1 aliphatic rings. The molecule has 0 aliphatic carbocycles. The number of benzene rings is 2. The van der Waals surface area contributed by atoms with Crippen LogP contribution in [-0.2, 0) is 0 Å². The summed E-state index contributed by atoms with van der Waals surface area (Å²) in [7, 11) is 1.60. The van der Waals surface area contributed by atoms with Crippen LogP contribution in [0.25, 0.3) is 10.2 Å². The van der Waals surface area contributed by atoms with Crippen LogP contribution in [0.2, 0.25) is 0 Å². The number of aromatic nitrogens is 1. The predicted molar refractivity (Wildman–Crippen MR) is 108 cm³/mol. The largest absolute Gasteiger partial charge is 0.497 e. The third-order valence-electron chi connectivity index (χ3n) is 4.49. The van der Waals surface area contributed by atoms with E-state index in [0.29, 0.717) is 21.4 Å². The summed E-state index contributed by atoms with van der Waals surface area (Å²) < 4.78 is 6.17. The number of hydrogen-bond acceptors (Lipinski definition) is 7. The van der Waals surface area contributed by atoms with E-state index < -0.39 is 11.2 Å². The van der Waals surface area contributed by atoms with Crippen molar-refractivity contribution in [3.63, 3.8) is 0 Å². The molecule has 2 N–H and O–H groups in total. The number of rotatable bonds is 4. The van der Waals surface area contributed by atoms with Gasteiger partial charge >= 0.3 is 0 Å². The minimum absolute atomic E-state index is 0.102. The van der Waals surface area contributed by atoms with Gasteiger partial charge in [0.1, 0.15) is 5.75 Å². The molecule has 5 nitrogen and oxygen atoms in total. The minimum atomic E-state index is -0.506. The predicted octanol–water partition coefficient (Wildman–Crippen LogP) is 4.08. The lowest BCUT2D eigenvalue weighted by atomic mass is 9.87. The number of carbonyl (C=O) groups excluding carboxylic acids is 1. The Labute approximate surface area is 164 Å². The van der Waals surface area contributed by atoms with Crippen LogP contribution < -0.4 is 10.5 Å². The SMILES string of the molecule is COc1ccc([C@@H]2C(C#N)=C(N)S[C@H]2C(=O)c2nc3ccccc3s2)cc1. The number of nitrogens with two attached hydrogens (primary N) is 1. The maximum atomic E-state index is 13.2. The molecule has 0 amide bonds. The molecule has 0 radical (unpaired) electrons. The van der Waals surface area contributed by atoms with E-state index in [2.05, 4.69) is 11.1 Å². The maximum absolute atomic E-state index is 13.2. The van der Waals surface area contributed by atoms with Crippen LogP contribution in [0.5, 0.6) is 5.75 Å². The first kappa shape index (κ1) is 17.6. The average Bonchev–Trinajstić information content (AvgIpc) is 3.28. The second-order valence-electron chi connectivity index (χ2n) is 6.03. The number of allylic oxidation sites excluding steroid dienone is 1. The number of para-hydroxylation sites is 1. The zero-order chi connectivity index (χ0) is 19.0. The Morgan fingerprint density at radius 2 is 1.96 bits per heavy atom. The van der Waals surface area contributed by atoms with Crippen LogP contribution in [0.1, 0.15) is 21.3 Å². The van der Waals surface area contributed by atoms with Gasteiger partial charge in [-0.05, 0) is 29.8 Å². The Morgan fingerprint density at radius 1 is 1.22 bits per heavy atom. The Balaban J connectivity index is 1.73. The highest BCUT2D eigenvalue weighted by Gasteiger charge is 2.41. The van der Waals surface area contributed by atoms with Crippen molar-refractivity contribution in [1.29, 1.82) is 5.26 Å². The number of hydrogen-bond donors (Lipinski definition) is 1. The fourth-order valence-corrected chi connectivity index (χ4v) is 5.39. The molecule has 0 saturated carbocycles. The number of nitriles is 1. The molecule has 0 saturated heterocycles. The summed E-state index contributed by atoms with van der Waals surface area (Å²) in [6.07, 6.45) is 0. The van der Waals surface area contributed by atoms with Gasteiger partial charge in [-0.2, -0.15) is 5.26 Å². The van der Waals surface area contributed by atoms with Crippen LogP contribution >= 0.6 is 23.1 Å². The summed E-state index contributed by atoms with van der Waals surface area (Å²) >= 11 is 2.61. The van der Waals surface area contributed by atoms with E-state index >= 15 is 0 Å². The highest BCUT2D eigenvalue weighted by Crippen LogP contribution is 2.47. The monoisotopic (exact) mass is 393 g/mol. The maximum Gasteiger partial charge on any atom is 0.205 e. The van der Waals surface area contributed by atoms with Crippen LogP contribution in [0, 0.1) is 11.3 Å². The zero-order valence-electron chi connectivity index (χ0n) is 14.4. The Hall–Kier alpha value is -2.82. The van der Waals surface area contributed by atoms with Crippen molar-refractivity contribution < 1.29 is 9.53 Å². The summed E-state index contributed by atoms with van der Waals surface area (Å²) in [5, 5.41) is 9.94. The summed E-state index contributed by atoms with van der Waals surface area (Å²) in [6.45, 7) is 0. The molecule has 2 atom stereocenters. The first-order chi connectivity index (χ1) is 13.1. The number of nitrogens with zero attached hydrogens (tertiary/aromatic N) is 2. The number of ketones is 1. The van der Waals surface area contributed by atoms with Crippen molar-refractivity contribution in [2.24, 2.45) is 5.73 Å². The molecule has 7 heteroatoms. The number of thiazole rings is 1. The second kappa shape index (κ2) is 7.06. The normalized spacial score (nSPS) is 19.3. The van der Waals surface area contributed by atoms with Crippen molar-refractivity contribution in [1.82, 2.24) is 4.98 Å². The van der Waals surface area contributed by atoms with E-state index in [9.17, 15) is 10.1 Å². The molecular weight excluding hydrogens is 378 g/mol. The van der Waals surface area contributed by atoms with E-state index in [1.165, 1.54) is 23.1 Å². The van der Waals surface area contributed by atoms with Gasteiger partial charge in [-0.3, -0.25) is 4.79 Å². The van der Waals surface area contributed by atoms with Crippen LogP contribution in [0.15, 0.2) is 59.1 Å². The van der Waals surface area contributed by atoms with Crippen molar-refractivity contribution in [3.05, 3.63) is 69.7 Å². The molecule has 0 bridgehead atoms. The average molecular weight is 393 g/mol.